The Balaban J connectivity index is 1.01. The second-order valence-electron chi connectivity index (χ2n) is 13.9. The SMILES string of the molecule is c1ccc(-c2ccc(-c3nc(-c4ccccc4)nc(-c4cccc(-c5cccc(-c6cccc(-c7cc8cccnc8c8ccccc78)c6)c5)c4)n3)cc2)cc1. The average Bonchev–Trinajstić information content (AvgIpc) is 3.29. The van der Waals surface area contributed by atoms with Crippen LogP contribution in [0, 0.1) is 0 Å². The summed E-state index contributed by atoms with van der Waals surface area (Å²) < 4.78 is 0. The van der Waals surface area contributed by atoms with Gasteiger partial charge < -0.3 is 0 Å². The summed E-state index contributed by atoms with van der Waals surface area (Å²) in [4.78, 5) is 19.7. The Kier molecular flexibility index (Phi) is 8.47. The van der Waals surface area contributed by atoms with Crippen molar-refractivity contribution < 1.29 is 0 Å². The lowest BCUT2D eigenvalue weighted by atomic mass is 9.92. The van der Waals surface area contributed by atoms with Gasteiger partial charge in [-0.1, -0.05) is 170 Å². The molecule has 0 aliphatic heterocycles. The molecule has 0 saturated carbocycles. The molecule has 0 atom stereocenters. The summed E-state index contributed by atoms with van der Waals surface area (Å²) in [7, 11) is 0. The normalized spacial score (nSPS) is 11.2. The predicted octanol–water partition coefficient (Wildman–Crippen LogP) is 13.2. The van der Waals surface area contributed by atoms with Gasteiger partial charge in [-0.3, -0.25) is 4.98 Å². The van der Waals surface area contributed by atoms with Gasteiger partial charge in [0, 0.05) is 33.7 Å². The van der Waals surface area contributed by atoms with Gasteiger partial charge in [0.25, 0.3) is 0 Å². The Bertz CT molecular complexity index is 3010. The van der Waals surface area contributed by atoms with Gasteiger partial charge in [0.2, 0.25) is 0 Å². The number of hydrogen-bond acceptors (Lipinski definition) is 4. The highest BCUT2D eigenvalue weighted by Gasteiger charge is 2.15. The van der Waals surface area contributed by atoms with Gasteiger partial charge in [0.05, 0.1) is 5.52 Å². The van der Waals surface area contributed by atoms with Gasteiger partial charge in [-0.25, -0.2) is 15.0 Å². The van der Waals surface area contributed by atoms with Crippen molar-refractivity contribution in [2.75, 3.05) is 0 Å². The van der Waals surface area contributed by atoms with Crippen molar-refractivity contribution in [3.8, 4) is 78.7 Å². The van der Waals surface area contributed by atoms with E-state index in [0.717, 1.165) is 60.8 Å². The van der Waals surface area contributed by atoms with Crippen LogP contribution in [-0.4, -0.2) is 19.9 Å². The monoisotopic (exact) mass is 714 g/mol. The molecule has 0 aliphatic carbocycles. The lowest BCUT2D eigenvalue weighted by Crippen LogP contribution is -2.00. The maximum absolute atomic E-state index is 5.05. The van der Waals surface area contributed by atoms with Crippen molar-refractivity contribution >= 4 is 21.7 Å². The van der Waals surface area contributed by atoms with Crippen molar-refractivity contribution in [2.24, 2.45) is 0 Å². The number of benzene rings is 8. The zero-order chi connectivity index (χ0) is 37.3. The topological polar surface area (TPSA) is 51.6 Å². The van der Waals surface area contributed by atoms with Crippen LogP contribution < -0.4 is 0 Å². The largest absolute Gasteiger partial charge is 0.256 e. The third-order valence-electron chi connectivity index (χ3n) is 10.4. The average molecular weight is 715 g/mol. The molecule has 0 amide bonds. The number of pyridine rings is 1. The van der Waals surface area contributed by atoms with E-state index in [0.29, 0.717) is 17.5 Å². The number of nitrogens with zero attached hydrogens (tertiary/aromatic N) is 4. The zero-order valence-corrected chi connectivity index (χ0v) is 30.4. The van der Waals surface area contributed by atoms with Crippen LogP contribution in [-0.2, 0) is 0 Å². The first kappa shape index (κ1) is 33.0. The van der Waals surface area contributed by atoms with Crippen LogP contribution in [0.5, 0.6) is 0 Å². The fourth-order valence-corrected chi connectivity index (χ4v) is 7.53. The Labute approximate surface area is 325 Å². The van der Waals surface area contributed by atoms with Crippen molar-refractivity contribution in [2.45, 2.75) is 0 Å². The molecule has 0 unspecified atom stereocenters. The van der Waals surface area contributed by atoms with Crippen LogP contribution >= 0.6 is 0 Å². The maximum Gasteiger partial charge on any atom is 0.164 e. The van der Waals surface area contributed by atoms with Crippen LogP contribution in [0.25, 0.3) is 100 Å². The Hall–Kier alpha value is -7.56. The van der Waals surface area contributed by atoms with E-state index in [1.165, 1.54) is 22.1 Å². The van der Waals surface area contributed by atoms with Gasteiger partial charge in [-0.05, 0) is 80.2 Å². The smallest absolute Gasteiger partial charge is 0.164 e. The Morgan fingerprint density at radius 3 is 1.34 bits per heavy atom. The molecule has 0 saturated heterocycles. The van der Waals surface area contributed by atoms with Crippen molar-refractivity contribution in [1.29, 1.82) is 0 Å². The molecule has 8 aromatic carbocycles. The quantitative estimate of drug-likeness (QED) is 0.154. The number of rotatable bonds is 7. The summed E-state index contributed by atoms with van der Waals surface area (Å²) in [5.74, 6) is 1.90. The molecule has 0 bridgehead atoms. The number of fused-ring (bicyclic) bond motifs is 3. The standard InChI is InChI=1S/C52H34N4/c1-3-13-35(14-4-1)36-26-28-38(29-27-36)51-54-50(37-15-5-2-6-16-37)55-52(56-51)45-22-11-20-42(33-45)40-18-9-17-39(31-40)41-19-10-21-43(32-41)48-34-44-23-12-30-53-49(44)47-25-8-7-24-46(47)48/h1-34H. The summed E-state index contributed by atoms with van der Waals surface area (Å²) in [5.41, 5.74) is 13.0. The van der Waals surface area contributed by atoms with E-state index in [2.05, 4.69) is 158 Å². The molecule has 0 N–H and O–H groups in total. The molecule has 2 aromatic heterocycles. The first-order valence-corrected chi connectivity index (χ1v) is 18.8. The molecule has 4 heteroatoms. The second-order valence-corrected chi connectivity index (χ2v) is 13.9. The molecule has 2 heterocycles. The van der Waals surface area contributed by atoms with Crippen LogP contribution in [0.4, 0.5) is 0 Å². The fourth-order valence-electron chi connectivity index (χ4n) is 7.53. The Morgan fingerprint density at radius 2 is 0.696 bits per heavy atom. The number of hydrogen-bond donors (Lipinski definition) is 0. The molecule has 262 valence electrons. The van der Waals surface area contributed by atoms with Crippen molar-refractivity contribution in [3.05, 3.63) is 206 Å². The molecule has 4 nitrogen and oxygen atoms in total. The van der Waals surface area contributed by atoms with Gasteiger partial charge in [0.15, 0.2) is 17.5 Å². The van der Waals surface area contributed by atoms with E-state index in [-0.39, 0.29) is 0 Å². The van der Waals surface area contributed by atoms with E-state index in [4.69, 9.17) is 19.9 Å². The van der Waals surface area contributed by atoms with Gasteiger partial charge in [-0.15, -0.1) is 0 Å². The summed E-state index contributed by atoms with van der Waals surface area (Å²) in [6, 6.07) is 70.0. The zero-order valence-electron chi connectivity index (χ0n) is 30.4. The minimum Gasteiger partial charge on any atom is -0.256 e. The minimum absolute atomic E-state index is 0.629. The van der Waals surface area contributed by atoms with E-state index < -0.39 is 0 Å². The molecule has 0 fully saturated rings. The predicted molar refractivity (Wildman–Crippen MR) is 231 cm³/mol. The maximum atomic E-state index is 5.05. The number of aromatic nitrogens is 4. The second kappa shape index (κ2) is 14.3. The minimum atomic E-state index is 0.629. The molecular weight excluding hydrogens is 681 g/mol. The van der Waals surface area contributed by atoms with Gasteiger partial charge >= 0.3 is 0 Å². The first-order chi connectivity index (χ1) is 27.7. The van der Waals surface area contributed by atoms with Crippen molar-refractivity contribution in [3.63, 3.8) is 0 Å². The molecule has 10 aromatic rings. The molecular formula is C52H34N4. The van der Waals surface area contributed by atoms with Crippen molar-refractivity contribution in [1.82, 2.24) is 19.9 Å². The van der Waals surface area contributed by atoms with E-state index >= 15 is 0 Å². The first-order valence-electron chi connectivity index (χ1n) is 18.8. The fraction of sp³-hybridized carbons (Fsp3) is 0. The lowest BCUT2D eigenvalue weighted by Gasteiger charge is -2.13. The van der Waals surface area contributed by atoms with Crippen LogP contribution in [0.1, 0.15) is 0 Å². The molecule has 0 aliphatic rings. The summed E-state index contributed by atoms with van der Waals surface area (Å²) in [6.45, 7) is 0. The molecule has 10 rings (SSSR count). The molecule has 0 radical (unpaired) electrons. The summed E-state index contributed by atoms with van der Waals surface area (Å²) in [6.07, 6.45) is 1.87. The lowest BCUT2D eigenvalue weighted by molar-refractivity contribution is 1.07. The van der Waals surface area contributed by atoms with E-state index in [9.17, 15) is 0 Å². The third-order valence-corrected chi connectivity index (χ3v) is 10.4. The highest BCUT2D eigenvalue weighted by Crippen LogP contribution is 2.37. The van der Waals surface area contributed by atoms with Gasteiger partial charge in [0.1, 0.15) is 0 Å². The highest BCUT2D eigenvalue weighted by atomic mass is 15.0. The van der Waals surface area contributed by atoms with E-state index in [1.807, 2.05) is 48.7 Å². The Morgan fingerprint density at radius 1 is 0.268 bits per heavy atom. The summed E-state index contributed by atoms with van der Waals surface area (Å²) >= 11 is 0. The van der Waals surface area contributed by atoms with Crippen LogP contribution in [0.15, 0.2) is 206 Å². The third kappa shape index (κ3) is 6.40. The summed E-state index contributed by atoms with van der Waals surface area (Å²) in [5, 5.41) is 3.49. The van der Waals surface area contributed by atoms with Gasteiger partial charge in [-0.2, -0.15) is 0 Å². The molecule has 56 heavy (non-hydrogen) atoms. The van der Waals surface area contributed by atoms with Crippen LogP contribution in [0.3, 0.4) is 0 Å². The highest BCUT2D eigenvalue weighted by molar-refractivity contribution is 6.12. The molecule has 0 spiro atoms. The van der Waals surface area contributed by atoms with Crippen LogP contribution in [0.2, 0.25) is 0 Å². The van der Waals surface area contributed by atoms with E-state index in [1.54, 1.807) is 0 Å².